The number of ketones is 2. The Morgan fingerprint density at radius 1 is 0.758 bits per heavy atom. The first-order valence-corrected chi connectivity index (χ1v) is 21.7. The molecule has 0 unspecified atom stereocenters. The zero-order valence-electron chi connectivity index (χ0n) is 38.1. The van der Waals surface area contributed by atoms with Crippen LogP contribution in [0.4, 0.5) is 0 Å². The fourth-order valence-corrected chi connectivity index (χ4v) is 6.52. The molecule has 1 heterocycles. The Hall–Kier alpha value is -6.94. The second kappa shape index (κ2) is 27.4. The summed E-state index contributed by atoms with van der Waals surface area (Å²) in [6.07, 6.45) is -2.05. The molecular weight excluding hydrogens is 865 g/mol. The zero-order valence-corrected chi connectivity index (χ0v) is 38.1. The quantitative estimate of drug-likeness (QED) is 0.0697. The van der Waals surface area contributed by atoms with Crippen molar-refractivity contribution in [2.45, 2.75) is 129 Å². The predicted octanol–water partition coefficient (Wildman–Crippen LogP) is -3.09. The molecule has 1 aromatic carbocycles. The van der Waals surface area contributed by atoms with Gasteiger partial charge in [-0.1, -0.05) is 46.2 Å². The SMILES string of the molecule is CC[C@H](C)[C@@H]1NC(=O)[C@H](Cc2ccc(O)cc2)NC(=O)CNC(=O)CC[C@@H](C(=O)NCC(=O)N[C@@H](CC(C)C)C(=O)NCC(C)=O)NC(=O)[C@H](CC(C)=O)NC(=O)[C@H](CCC(N)=O)NC1=O. The van der Waals surface area contributed by atoms with Crippen LogP contribution in [0, 0.1) is 11.8 Å². The number of nitrogens with one attached hydrogen (secondary N) is 9. The molecule has 66 heavy (non-hydrogen) atoms. The van der Waals surface area contributed by atoms with Gasteiger partial charge in [0.15, 0.2) is 0 Å². The molecule has 0 aromatic heterocycles. The smallest absolute Gasteiger partial charge is 0.243 e. The molecule has 0 saturated carbocycles. The zero-order chi connectivity index (χ0) is 49.7. The van der Waals surface area contributed by atoms with E-state index in [0.29, 0.717) is 12.0 Å². The average Bonchev–Trinajstić information content (AvgIpc) is 3.24. The minimum Gasteiger partial charge on any atom is -0.508 e. The lowest BCUT2D eigenvalue weighted by atomic mass is 9.96. The van der Waals surface area contributed by atoms with E-state index in [0.717, 1.165) is 6.92 Å². The maximum atomic E-state index is 14.0. The van der Waals surface area contributed by atoms with Crippen LogP contribution in [0.25, 0.3) is 0 Å². The number of carbonyl (C=O) groups is 12. The normalized spacial score (nSPS) is 21.2. The number of aromatic hydroxyl groups is 1. The van der Waals surface area contributed by atoms with E-state index in [2.05, 4.69) is 47.9 Å². The fourth-order valence-electron chi connectivity index (χ4n) is 6.52. The number of primary amides is 1. The standard InChI is InChI=1S/C43H64N10O13/c1-7-23(4)37-43(66)51-29(12-14-33(44)57)40(63)52-31(17-24(5)54)41(64)50-28(38(61)47-21-36(60)48-30(16-22(2)3)39(62)46-19-25(6)55)13-15-34(58)45-20-35(59)49-32(42(65)53-37)18-26-8-10-27(56)11-9-26/h8-11,22-23,28-32,37,56H,7,12-21H2,1-6H3,(H2,44,57)(H,45,58)(H,46,62)(H,47,61)(H,48,60)(H,49,59)(H,50,64)(H,51,66)(H,52,63)(H,53,65)/t23-,28-,29-,30-,31-,32-,37-/m0/s1. The van der Waals surface area contributed by atoms with Crippen molar-refractivity contribution >= 4 is 70.6 Å². The molecule has 2 rings (SSSR count). The molecule has 0 spiro atoms. The number of nitrogens with two attached hydrogens (primary N) is 1. The summed E-state index contributed by atoms with van der Waals surface area (Å²) in [6, 6.07) is -2.90. The van der Waals surface area contributed by atoms with Gasteiger partial charge in [-0.05, 0) is 62.6 Å². The number of phenolic OH excluding ortho intramolecular Hbond substituents is 1. The van der Waals surface area contributed by atoms with Gasteiger partial charge in [-0.2, -0.15) is 0 Å². The lowest BCUT2D eigenvalue weighted by molar-refractivity contribution is -0.137. The molecule has 1 saturated heterocycles. The van der Waals surface area contributed by atoms with Crippen molar-refractivity contribution in [2.75, 3.05) is 19.6 Å². The highest BCUT2D eigenvalue weighted by atomic mass is 16.3. The van der Waals surface area contributed by atoms with Gasteiger partial charge in [0.25, 0.3) is 0 Å². The van der Waals surface area contributed by atoms with Crippen molar-refractivity contribution in [1.82, 2.24) is 47.9 Å². The maximum absolute atomic E-state index is 14.0. The topological polar surface area (TPSA) is 359 Å². The van der Waals surface area contributed by atoms with E-state index in [9.17, 15) is 62.6 Å². The van der Waals surface area contributed by atoms with Crippen molar-refractivity contribution in [2.24, 2.45) is 17.6 Å². The molecule has 1 aliphatic heterocycles. The maximum Gasteiger partial charge on any atom is 0.243 e. The number of carbonyl (C=O) groups excluding carboxylic acids is 12. The molecule has 7 atom stereocenters. The number of rotatable bonds is 18. The Bertz CT molecular complexity index is 1960. The number of hydrogen-bond acceptors (Lipinski definition) is 13. The van der Waals surface area contributed by atoms with Crippen LogP contribution in [0.3, 0.4) is 0 Å². The van der Waals surface area contributed by atoms with Crippen LogP contribution in [0.1, 0.15) is 92.1 Å². The van der Waals surface area contributed by atoms with Gasteiger partial charge in [0, 0.05) is 25.7 Å². The fraction of sp³-hybridized carbons (Fsp3) is 0.581. The summed E-state index contributed by atoms with van der Waals surface area (Å²) >= 11 is 0. The molecule has 1 aromatic rings. The number of hydrogen-bond donors (Lipinski definition) is 11. The number of Topliss-reactive ketones (excluding diaryl/α,β-unsaturated/α-hetero) is 2. The molecule has 1 fully saturated rings. The summed E-state index contributed by atoms with van der Waals surface area (Å²) in [5.74, 6) is -10.5. The first-order valence-electron chi connectivity index (χ1n) is 21.7. The molecule has 23 nitrogen and oxygen atoms in total. The van der Waals surface area contributed by atoms with Gasteiger partial charge < -0.3 is 58.7 Å². The summed E-state index contributed by atoms with van der Waals surface area (Å²) in [6.45, 7) is 7.68. The van der Waals surface area contributed by atoms with Crippen LogP contribution in [0.2, 0.25) is 0 Å². The van der Waals surface area contributed by atoms with Crippen LogP contribution in [0.15, 0.2) is 24.3 Å². The summed E-state index contributed by atoms with van der Waals surface area (Å²) in [5.41, 5.74) is 5.86. The Morgan fingerprint density at radius 3 is 1.97 bits per heavy atom. The molecule has 0 bridgehead atoms. The van der Waals surface area contributed by atoms with Crippen LogP contribution >= 0.6 is 0 Å². The van der Waals surface area contributed by atoms with E-state index < -0.39 is 146 Å². The third kappa shape index (κ3) is 20.3. The molecular formula is C43H64N10O13. The van der Waals surface area contributed by atoms with Crippen LogP contribution in [0.5, 0.6) is 5.75 Å². The Morgan fingerprint density at radius 2 is 1.38 bits per heavy atom. The van der Waals surface area contributed by atoms with E-state index in [1.807, 2.05) is 0 Å². The predicted molar refractivity (Wildman–Crippen MR) is 235 cm³/mol. The van der Waals surface area contributed by atoms with Crippen LogP contribution in [-0.2, 0) is 64.0 Å². The number of amides is 10. The van der Waals surface area contributed by atoms with E-state index in [-0.39, 0.29) is 43.3 Å². The first kappa shape index (κ1) is 55.2. The highest BCUT2D eigenvalue weighted by molar-refractivity contribution is 5.99. The van der Waals surface area contributed by atoms with E-state index in [4.69, 9.17) is 5.73 Å². The summed E-state index contributed by atoms with van der Waals surface area (Å²) in [7, 11) is 0. The Kier molecular flexibility index (Phi) is 22.9. The molecule has 12 N–H and O–H groups in total. The van der Waals surface area contributed by atoms with Gasteiger partial charge in [0.2, 0.25) is 59.1 Å². The van der Waals surface area contributed by atoms with Crippen molar-refractivity contribution in [3.8, 4) is 5.75 Å². The molecule has 1 aliphatic rings. The summed E-state index contributed by atoms with van der Waals surface area (Å²) < 4.78 is 0. The molecule has 0 aliphatic carbocycles. The van der Waals surface area contributed by atoms with Gasteiger partial charge >= 0.3 is 0 Å². The van der Waals surface area contributed by atoms with Crippen molar-refractivity contribution < 1.29 is 62.6 Å². The Balaban J connectivity index is 2.55. The Labute approximate surface area is 382 Å². The van der Waals surface area contributed by atoms with Crippen molar-refractivity contribution in [1.29, 1.82) is 0 Å². The third-order valence-electron chi connectivity index (χ3n) is 10.3. The van der Waals surface area contributed by atoms with Gasteiger partial charge in [-0.25, -0.2) is 0 Å². The largest absolute Gasteiger partial charge is 0.508 e. The average molecular weight is 929 g/mol. The van der Waals surface area contributed by atoms with Gasteiger partial charge in [-0.3, -0.25) is 57.5 Å². The summed E-state index contributed by atoms with van der Waals surface area (Å²) in [5, 5.41) is 31.9. The monoisotopic (exact) mass is 928 g/mol. The van der Waals surface area contributed by atoms with Crippen LogP contribution < -0.4 is 53.6 Å². The molecule has 23 heteroatoms. The first-order chi connectivity index (χ1) is 31.0. The lowest BCUT2D eigenvalue weighted by Crippen LogP contribution is -2.61. The number of phenols is 1. The highest BCUT2D eigenvalue weighted by Gasteiger charge is 2.35. The second-order valence-corrected chi connectivity index (χ2v) is 16.7. The van der Waals surface area contributed by atoms with Gasteiger partial charge in [-0.15, -0.1) is 0 Å². The number of benzene rings is 1. The third-order valence-corrected chi connectivity index (χ3v) is 10.3. The lowest BCUT2D eigenvalue weighted by Gasteiger charge is -2.29. The minimum absolute atomic E-state index is 0.0636. The minimum atomic E-state index is -1.69. The second-order valence-electron chi connectivity index (χ2n) is 16.7. The summed E-state index contributed by atoms with van der Waals surface area (Å²) in [4.78, 5) is 157. The van der Waals surface area contributed by atoms with E-state index in [1.54, 1.807) is 27.7 Å². The molecule has 10 amide bonds. The van der Waals surface area contributed by atoms with Crippen LogP contribution in [-0.4, -0.2) is 132 Å². The van der Waals surface area contributed by atoms with Crippen molar-refractivity contribution in [3.63, 3.8) is 0 Å². The highest BCUT2D eigenvalue weighted by Crippen LogP contribution is 2.14. The molecule has 0 radical (unpaired) electrons. The van der Waals surface area contributed by atoms with Gasteiger partial charge in [0.1, 0.15) is 53.6 Å². The van der Waals surface area contributed by atoms with E-state index >= 15 is 0 Å². The molecule has 364 valence electrons. The van der Waals surface area contributed by atoms with Crippen molar-refractivity contribution in [3.05, 3.63) is 29.8 Å². The van der Waals surface area contributed by atoms with Gasteiger partial charge in [0.05, 0.1) is 19.6 Å². The van der Waals surface area contributed by atoms with E-state index in [1.165, 1.54) is 31.2 Å².